The summed E-state index contributed by atoms with van der Waals surface area (Å²) in [5, 5.41) is 0. The Kier molecular flexibility index (Phi) is 4.28. The summed E-state index contributed by atoms with van der Waals surface area (Å²) in [5.41, 5.74) is 15.8. The number of anilines is 1. The van der Waals surface area contributed by atoms with Crippen LogP contribution in [0.5, 0.6) is 0 Å². The zero-order valence-corrected chi connectivity index (χ0v) is 12.9. The Morgan fingerprint density at radius 1 is 1.15 bits per heavy atom. The Hall–Kier alpha value is -1.62. The maximum Gasteiger partial charge on any atom is 0.151 e. The van der Waals surface area contributed by atoms with E-state index < -0.39 is 0 Å². The highest BCUT2D eigenvalue weighted by atomic mass is 15.1. The summed E-state index contributed by atoms with van der Waals surface area (Å²) < 4.78 is 2.30. The molecule has 0 aliphatic rings. The number of fused-ring (bicyclic) bond motifs is 1. The summed E-state index contributed by atoms with van der Waals surface area (Å²) in [6.45, 7) is 10.1. The first-order valence-electron chi connectivity index (χ1n) is 7.30. The number of imidazole rings is 1. The summed E-state index contributed by atoms with van der Waals surface area (Å²) in [4.78, 5) is 9.13. The average molecular weight is 275 g/mol. The minimum Gasteiger partial charge on any atom is -0.382 e. The SMILES string of the molecule is Cc1nc(N)c2nc(C(C)C)n(CCCCN)c2c1C. The molecule has 0 saturated carbocycles. The molecular weight excluding hydrogens is 250 g/mol. The molecule has 0 aliphatic heterocycles. The number of aromatic nitrogens is 3. The molecule has 0 atom stereocenters. The number of nitrogens with two attached hydrogens (primary N) is 2. The highest BCUT2D eigenvalue weighted by Gasteiger charge is 2.18. The zero-order chi connectivity index (χ0) is 14.9. The molecule has 4 N–H and O–H groups in total. The number of pyridine rings is 1. The van der Waals surface area contributed by atoms with Crippen molar-refractivity contribution < 1.29 is 0 Å². The van der Waals surface area contributed by atoms with E-state index in [2.05, 4.69) is 30.3 Å². The van der Waals surface area contributed by atoms with Gasteiger partial charge in [-0.25, -0.2) is 9.97 Å². The van der Waals surface area contributed by atoms with Crippen LogP contribution < -0.4 is 11.5 Å². The summed E-state index contributed by atoms with van der Waals surface area (Å²) >= 11 is 0. The minimum atomic E-state index is 0.361. The highest BCUT2D eigenvalue weighted by molar-refractivity contribution is 5.88. The fourth-order valence-electron chi connectivity index (χ4n) is 2.60. The lowest BCUT2D eigenvalue weighted by atomic mass is 10.1. The molecule has 0 aliphatic carbocycles. The van der Waals surface area contributed by atoms with Crippen molar-refractivity contribution in [3.05, 3.63) is 17.1 Å². The molecule has 5 nitrogen and oxygen atoms in total. The molecule has 0 fully saturated rings. The van der Waals surface area contributed by atoms with Crippen LogP contribution in [-0.2, 0) is 6.54 Å². The number of hydrogen-bond acceptors (Lipinski definition) is 4. The number of aryl methyl sites for hydroxylation is 3. The molecule has 0 unspecified atom stereocenters. The van der Waals surface area contributed by atoms with Crippen molar-refractivity contribution in [3.63, 3.8) is 0 Å². The summed E-state index contributed by atoms with van der Waals surface area (Å²) in [7, 11) is 0. The fourth-order valence-corrected chi connectivity index (χ4v) is 2.60. The van der Waals surface area contributed by atoms with Crippen LogP contribution in [-0.4, -0.2) is 21.1 Å². The average Bonchev–Trinajstić information content (AvgIpc) is 2.77. The molecule has 0 bridgehead atoms. The van der Waals surface area contributed by atoms with Crippen LogP contribution in [0.4, 0.5) is 5.82 Å². The van der Waals surface area contributed by atoms with Crippen LogP contribution >= 0.6 is 0 Å². The molecule has 0 radical (unpaired) electrons. The van der Waals surface area contributed by atoms with E-state index in [9.17, 15) is 0 Å². The second-order valence-corrected chi connectivity index (χ2v) is 5.68. The second-order valence-electron chi connectivity index (χ2n) is 5.68. The molecule has 0 spiro atoms. The fraction of sp³-hybridized carbons (Fsp3) is 0.600. The Morgan fingerprint density at radius 3 is 2.45 bits per heavy atom. The topological polar surface area (TPSA) is 82.8 Å². The van der Waals surface area contributed by atoms with Gasteiger partial charge in [-0.1, -0.05) is 13.8 Å². The first kappa shape index (κ1) is 14.8. The van der Waals surface area contributed by atoms with Crippen LogP contribution in [0.15, 0.2) is 0 Å². The number of nitrogens with zero attached hydrogens (tertiary/aromatic N) is 3. The third-order valence-corrected chi connectivity index (χ3v) is 3.78. The Labute approximate surface area is 120 Å². The van der Waals surface area contributed by atoms with Crippen LogP contribution in [0.1, 0.15) is 49.7 Å². The molecule has 0 saturated heterocycles. The van der Waals surface area contributed by atoms with Crippen molar-refractivity contribution in [2.75, 3.05) is 12.3 Å². The van der Waals surface area contributed by atoms with E-state index in [1.165, 1.54) is 5.56 Å². The monoisotopic (exact) mass is 275 g/mol. The molecule has 0 aromatic carbocycles. The van der Waals surface area contributed by atoms with Gasteiger partial charge < -0.3 is 16.0 Å². The van der Waals surface area contributed by atoms with E-state index in [0.717, 1.165) is 48.5 Å². The number of nitrogen functional groups attached to an aromatic ring is 1. The number of hydrogen-bond donors (Lipinski definition) is 2. The van der Waals surface area contributed by atoms with Gasteiger partial charge in [0.15, 0.2) is 5.82 Å². The lowest BCUT2D eigenvalue weighted by Gasteiger charge is -2.13. The van der Waals surface area contributed by atoms with Gasteiger partial charge in [-0.2, -0.15) is 0 Å². The summed E-state index contributed by atoms with van der Waals surface area (Å²) in [6, 6.07) is 0. The van der Waals surface area contributed by atoms with E-state index in [1.54, 1.807) is 0 Å². The predicted molar refractivity (Wildman–Crippen MR) is 83.8 cm³/mol. The summed E-state index contributed by atoms with van der Waals surface area (Å²) in [6.07, 6.45) is 2.08. The van der Waals surface area contributed by atoms with E-state index in [-0.39, 0.29) is 0 Å². The smallest absolute Gasteiger partial charge is 0.151 e. The van der Waals surface area contributed by atoms with Crippen molar-refractivity contribution >= 4 is 16.9 Å². The van der Waals surface area contributed by atoms with Gasteiger partial charge in [-0.05, 0) is 38.8 Å². The van der Waals surface area contributed by atoms with Crippen LogP contribution in [0.2, 0.25) is 0 Å². The second kappa shape index (κ2) is 5.79. The first-order chi connectivity index (χ1) is 9.47. The molecule has 5 heteroatoms. The third-order valence-electron chi connectivity index (χ3n) is 3.78. The van der Waals surface area contributed by atoms with Gasteiger partial charge >= 0.3 is 0 Å². The van der Waals surface area contributed by atoms with Crippen molar-refractivity contribution in [1.82, 2.24) is 14.5 Å². The molecule has 0 amide bonds. The van der Waals surface area contributed by atoms with Crippen LogP contribution in [0.3, 0.4) is 0 Å². The molecule has 20 heavy (non-hydrogen) atoms. The van der Waals surface area contributed by atoms with Gasteiger partial charge in [-0.3, -0.25) is 0 Å². The normalized spacial score (nSPS) is 11.7. The van der Waals surface area contributed by atoms with E-state index >= 15 is 0 Å². The Balaban J connectivity index is 2.63. The Bertz CT molecular complexity index is 612. The molecule has 110 valence electrons. The molecule has 2 aromatic rings. The maximum absolute atomic E-state index is 6.06. The largest absolute Gasteiger partial charge is 0.382 e. The third kappa shape index (κ3) is 2.50. The van der Waals surface area contributed by atoms with Gasteiger partial charge in [0, 0.05) is 18.2 Å². The van der Waals surface area contributed by atoms with E-state index in [0.29, 0.717) is 11.7 Å². The minimum absolute atomic E-state index is 0.361. The number of rotatable bonds is 5. The van der Waals surface area contributed by atoms with Crippen molar-refractivity contribution in [1.29, 1.82) is 0 Å². The van der Waals surface area contributed by atoms with Gasteiger partial charge in [0.25, 0.3) is 0 Å². The number of unbranched alkanes of at least 4 members (excludes halogenated alkanes) is 1. The van der Waals surface area contributed by atoms with Crippen molar-refractivity contribution in [3.8, 4) is 0 Å². The lowest BCUT2D eigenvalue weighted by molar-refractivity contribution is 0.584. The quantitative estimate of drug-likeness (QED) is 0.821. The lowest BCUT2D eigenvalue weighted by Crippen LogP contribution is -2.09. The van der Waals surface area contributed by atoms with Gasteiger partial charge in [0.1, 0.15) is 11.3 Å². The predicted octanol–water partition coefficient (Wildman–Crippen LogP) is 2.49. The van der Waals surface area contributed by atoms with E-state index in [1.807, 2.05) is 6.92 Å². The van der Waals surface area contributed by atoms with Crippen molar-refractivity contribution in [2.45, 2.75) is 53.0 Å². The van der Waals surface area contributed by atoms with Crippen LogP contribution in [0, 0.1) is 13.8 Å². The van der Waals surface area contributed by atoms with Gasteiger partial charge in [0.2, 0.25) is 0 Å². The van der Waals surface area contributed by atoms with Crippen LogP contribution in [0.25, 0.3) is 11.0 Å². The molecule has 2 heterocycles. The maximum atomic E-state index is 6.06. The Morgan fingerprint density at radius 2 is 1.85 bits per heavy atom. The van der Waals surface area contributed by atoms with Gasteiger partial charge in [-0.15, -0.1) is 0 Å². The highest BCUT2D eigenvalue weighted by Crippen LogP contribution is 2.29. The summed E-state index contributed by atoms with van der Waals surface area (Å²) in [5.74, 6) is 1.97. The molecular formula is C15H25N5. The zero-order valence-electron chi connectivity index (χ0n) is 12.9. The van der Waals surface area contributed by atoms with Gasteiger partial charge in [0.05, 0.1) is 5.52 Å². The standard InChI is InChI=1S/C15H25N5/c1-9(2)15-19-12-13(20(15)8-6-5-7-16)10(3)11(4)18-14(12)17/h9H,5-8,16H2,1-4H3,(H2,17,18). The van der Waals surface area contributed by atoms with Crippen molar-refractivity contribution in [2.24, 2.45) is 5.73 Å². The molecule has 2 rings (SSSR count). The molecule has 2 aromatic heterocycles. The first-order valence-corrected chi connectivity index (χ1v) is 7.30. The van der Waals surface area contributed by atoms with E-state index in [4.69, 9.17) is 16.5 Å².